The van der Waals surface area contributed by atoms with Crippen LogP contribution in [0.2, 0.25) is 5.02 Å². The number of esters is 1. The molecular weight excluding hydrogens is 342 g/mol. The van der Waals surface area contributed by atoms with Gasteiger partial charge in [0.15, 0.2) is 0 Å². The van der Waals surface area contributed by atoms with Crippen molar-refractivity contribution >= 4 is 23.6 Å². The molecule has 0 bridgehead atoms. The lowest BCUT2D eigenvalue weighted by Gasteiger charge is -2.08. The summed E-state index contributed by atoms with van der Waals surface area (Å²) in [6, 6.07) is 11.3. The second-order valence-electron chi connectivity index (χ2n) is 4.68. The number of carbonyl (C=O) groups excluding carboxylic acids is 1. The van der Waals surface area contributed by atoms with Crippen molar-refractivity contribution in [1.29, 1.82) is 10.5 Å². The summed E-state index contributed by atoms with van der Waals surface area (Å²) in [5.41, 5.74) is 0.868. The van der Waals surface area contributed by atoms with Crippen molar-refractivity contribution in [1.82, 2.24) is 4.98 Å². The number of hydrogen-bond donors (Lipinski definition) is 0. The van der Waals surface area contributed by atoms with E-state index in [1.165, 1.54) is 24.4 Å². The molecule has 0 aliphatic heterocycles. The molecule has 2 aromatic rings. The number of allylic oxidation sites excluding steroid dienone is 1. The van der Waals surface area contributed by atoms with Gasteiger partial charge in [0.1, 0.15) is 23.5 Å². The molecule has 0 unspecified atom stereocenters. The lowest BCUT2D eigenvalue weighted by atomic mass is 10.1. The van der Waals surface area contributed by atoms with E-state index in [2.05, 4.69) is 4.98 Å². The van der Waals surface area contributed by atoms with Gasteiger partial charge in [-0.05, 0) is 36.8 Å². The molecule has 0 saturated heterocycles. The van der Waals surface area contributed by atoms with Crippen LogP contribution in [0.15, 0.2) is 42.1 Å². The predicted molar refractivity (Wildman–Crippen MR) is 90.9 cm³/mol. The monoisotopic (exact) mass is 353 g/mol. The molecule has 2 rings (SSSR count). The number of rotatable bonds is 5. The average molecular weight is 354 g/mol. The highest BCUT2D eigenvalue weighted by molar-refractivity contribution is 6.32. The molecule has 0 atom stereocenters. The van der Waals surface area contributed by atoms with Gasteiger partial charge in [-0.15, -0.1) is 0 Å². The number of nitrogens with zero attached hydrogens (tertiary/aromatic N) is 3. The smallest absolute Gasteiger partial charge is 0.338 e. The predicted octanol–water partition coefficient (Wildman–Crippen LogP) is 4.13. The second-order valence-corrected chi connectivity index (χ2v) is 5.08. The molecule has 6 nitrogen and oxygen atoms in total. The van der Waals surface area contributed by atoms with Crippen LogP contribution in [0.3, 0.4) is 0 Å². The second kappa shape index (κ2) is 8.49. The zero-order chi connectivity index (χ0) is 18.2. The zero-order valence-corrected chi connectivity index (χ0v) is 13.9. The quantitative estimate of drug-likeness (QED) is 0.592. The van der Waals surface area contributed by atoms with Crippen LogP contribution in [0.4, 0.5) is 0 Å². The number of carbonyl (C=O) groups is 1. The minimum absolute atomic E-state index is 0.0338. The Morgan fingerprint density at radius 2 is 2.04 bits per heavy atom. The summed E-state index contributed by atoms with van der Waals surface area (Å²) in [6.45, 7) is 1.99. The van der Waals surface area contributed by atoms with Crippen LogP contribution in [0, 0.1) is 22.7 Å². The highest BCUT2D eigenvalue weighted by Gasteiger charge is 2.10. The number of aromatic nitrogens is 1. The molecule has 0 saturated carbocycles. The van der Waals surface area contributed by atoms with Crippen LogP contribution >= 0.6 is 11.6 Å². The molecular formula is C18H12ClN3O3. The SMILES string of the molecule is CCOC(=O)c1ccnc(Oc2ccc(C=C(C#N)C#N)cc2Cl)c1. The van der Waals surface area contributed by atoms with Crippen molar-refractivity contribution in [3.63, 3.8) is 0 Å². The van der Waals surface area contributed by atoms with Crippen LogP contribution in [0.25, 0.3) is 6.08 Å². The van der Waals surface area contributed by atoms with Crippen molar-refractivity contribution in [2.75, 3.05) is 6.61 Å². The minimum atomic E-state index is -0.470. The summed E-state index contributed by atoms with van der Waals surface area (Å²) < 4.78 is 10.5. The fourth-order valence-electron chi connectivity index (χ4n) is 1.87. The van der Waals surface area contributed by atoms with Gasteiger partial charge in [0, 0.05) is 12.3 Å². The van der Waals surface area contributed by atoms with Crippen molar-refractivity contribution in [2.45, 2.75) is 6.92 Å². The maximum Gasteiger partial charge on any atom is 0.338 e. The lowest BCUT2D eigenvalue weighted by molar-refractivity contribution is 0.0526. The number of benzene rings is 1. The van der Waals surface area contributed by atoms with E-state index in [1.807, 2.05) is 0 Å². The first-order valence-electron chi connectivity index (χ1n) is 7.20. The summed E-state index contributed by atoms with van der Waals surface area (Å²) in [6.07, 6.45) is 2.84. The van der Waals surface area contributed by atoms with Crippen LogP contribution < -0.4 is 4.74 Å². The van der Waals surface area contributed by atoms with Gasteiger partial charge in [-0.2, -0.15) is 10.5 Å². The third-order valence-corrected chi connectivity index (χ3v) is 3.26. The molecule has 0 fully saturated rings. The first-order valence-corrected chi connectivity index (χ1v) is 7.57. The van der Waals surface area contributed by atoms with Crippen molar-refractivity contribution < 1.29 is 14.3 Å². The van der Waals surface area contributed by atoms with E-state index in [9.17, 15) is 4.79 Å². The van der Waals surface area contributed by atoms with Gasteiger partial charge < -0.3 is 9.47 Å². The van der Waals surface area contributed by atoms with E-state index in [1.54, 1.807) is 37.3 Å². The van der Waals surface area contributed by atoms with E-state index in [-0.39, 0.29) is 23.1 Å². The van der Waals surface area contributed by atoms with E-state index < -0.39 is 5.97 Å². The standard InChI is InChI=1S/C18H12ClN3O3/c1-2-24-18(23)14-5-6-22-17(9-14)25-16-4-3-12(8-15(16)19)7-13(10-20)11-21/h3-9H,2H2,1H3. The zero-order valence-electron chi connectivity index (χ0n) is 13.2. The van der Waals surface area contributed by atoms with Gasteiger partial charge in [-0.3, -0.25) is 0 Å². The van der Waals surface area contributed by atoms with Gasteiger partial charge in [0.25, 0.3) is 0 Å². The molecule has 7 heteroatoms. The molecule has 1 aromatic heterocycles. The van der Waals surface area contributed by atoms with Gasteiger partial charge in [-0.25, -0.2) is 9.78 Å². The number of halogens is 1. The van der Waals surface area contributed by atoms with Crippen LogP contribution in [0.5, 0.6) is 11.6 Å². The van der Waals surface area contributed by atoms with Gasteiger partial charge in [0.2, 0.25) is 5.88 Å². The number of hydrogen-bond acceptors (Lipinski definition) is 6. The van der Waals surface area contributed by atoms with Crippen LogP contribution in [0.1, 0.15) is 22.8 Å². The Labute approximate surface area is 149 Å². The molecule has 0 N–H and O–H groups in total. The molecule has 0 radical (unpaired) electrons. The number of nitriles is 2. The summed E-state index contributed by atoms with van der Waals surface area (Å²) in [5, 5.41) is 17.8. The van der Waals surface area contributed by atoms with Gasteiger partial charge in [-0.1, -0.05) is 17.7 Å². The van der Waals surface area contributed by atoms with Crippen LogP contribution in [-0.2, 0) is 4.74 Å². The van der Waals surface area contributed by atoms with E-state index in [4.69, 9.17) is 31.6 Å². The normalized spacial score (nSPS) is 9.44. The average Bonchev–Trinajstić information content (AvgIpc) is 2.62. The van der Waals surface area contributed by atoms with Crippen molar-refractivity contribution in [3.8, 4) is 23.8 Å². The highest BCUT2D eigenvalue weighted by atomic mass is 35.5. The number of pyridine rings is 1. The van der Waals surface area contributed by atoms with Crippen molar-refractivity contribution in [3.05, 3.63) is 58.3 Å². The summed E-state index contributed by atoms with van der Waals surface area (Å²) >= 11 is 6.16. The topological polar surface area (TPSA) is 96.0 Å². The Balaban J connectivity index is 2.23. The van der Waals surface area contributed by atoms with Crippen LogP contribution in [-0.4, -0.2) is 17.6 Å². The largest absolute Gasteiger partial charge is 0.462 e. The third kappa shape index (κ3) is 4.81. The Hall–Kier alpha value is -3.35. The summed E-state index contributed by atoms with van der Waals surface area (Å²) in [5.74, 6) is 0.0372. The summed E-state index contributed by atoms with van der Waals surface area (Å²) in [7, 11) is 0. The number of ether oxygens (including phenoxy) is 2. The van der Waals surface area contributed by atoms with E-state index >= 15 is 0 Å². The maximum atomic E-state index is 11.7. The summed E-state index contributed by atoms with van der Waals surface area (Å²) in [4.78, 5) is 15.8. The minimum Gasteiger partial charge on any atom is -0.462 e. The van der Waals surface area contributed by atoms with Gasteiger partial charge in [0.05, 0.1) is 17.2 Å². The Bertz CT molecular complexity index is 895. The van der Waals surface area contributed by atoms with Gasteiger partial charge >= 0.3 is 5.97 Å². The van der Waals surface area contributed by atoms with E-state index in [0.29, 0.717) is 16.9 Å². The highest BCUT2D eigenvalue weighted by Crippen LogP contribution is 2.30. The molecule has 0 aliphatic rings. The molecule has 0 spiro atoms. The fraction of sp³-hybridized carbons (Fsp3) is 0.111. The molecule has 25 heavy (non-hydrogen) atoms. The lowest BCUT2D eigenvalue weighted by Crippen LogP contribution is -2.05. The van der Waals surface area contributed by atoms with Crippen molar-refractivity contribution in [2.24, 2.45) is 0 Å². The third-order valence-electron chi connectivity index (χ3n) is 2.97. The molecule has 0 aliphatic carbocycles. The molecule has 1 aromatic carbocycles. The fourth-order valence-corrected chi connectivity index (χ4v) is 2.09. The van der Waals surface area contributed by atoms with E-state index in [0.717, 1.165) is 0 Å². The Morgan fingerprint density at radius 3 is 2.68 bits per heavy atom. The Kier molecular flexibility index (Phi) is 6.11. The first kappa shape index (κ1) is 18.0. The molecule has 1 heterocycles. The first-order chi connectivity index (χ1) is 12.1. The molecule has 0 amide bonds. The maximum absolute atomic E-state index is 11.7. The Morgan fingerprint density at radius 1 is 1.28 bits per heavy atom. The molecule has 124 valence electrons.